The number of phenols is 1. The van der Waals surface area contributed by atoms with Crippen LogP contribution in [-0.2, 0) is 0 Å². The number of hydrogen-bond donors (Lipinski definition) is 2. The molecule has 0 bridgehead atoms. The van der Waals surface area contributed by atoms with Crippen LogP contribution in [0, 0.1) is 11.8 Å². The zero-order valence-corrected chi connectivity index (χ0v) is 18.1. The van der Waals surface area contributed by atoms with Gasteiger partial charge in [-0.3, -0.25) is 0 Å². The molecule has 5 nitrogen and oxygen atoms in total. The SMILES string of the molecule is CC.O=C(O)c1cc2c(C#Cc3ccc(OC(F)(F)F)cc3)c(-c3ccccc3)oc2cc1O. The maximum absolute atomic E-state index is 12.3. The van der Waals surface area contributed by atoms with Crippen LogP contribution in [0.2, 0.25) is 0 Å². The van der Waals surface area contributed by atoms with Crippen LogP contribution in [0.4, 0.5) is 13.2 Å². The highest BCUT2D eigenvalue weighted by Gasteiger charge is 2.30. The van der Waals surface area contributed by atoms with Gasteiger partial charge in [-0.15, -0.1) is 13.2 Å². The van der Waals surface area contributed by atoms with Gasteiger partial charge in [0.1, 0.15) is 22.6 Å². The first-order chi connectivity index (χ1) is 16.2. The number of fused-ring (bicyclic) bond motifs is 1. The lowest BCUT2D eigenvalue weighted by Crippen LogP contribution is -2.16. The first-order valence-electron chi connectivity index (χ1n) is 10.2. The molecule has 0 atom stereocenters. The number of carboxylic acid groups (broad SMARTS) is 1. The molecule has 3 aromatic carbocycles. The zero-order valence-electron chi connectivity index (χ0n) is 18.1. The highest BCUT2D eigenvalue weighted by Crippen LogP contribution is 2.36. The summed E-state index contributed by atoms with van der Waals surface area (Å²) in [6.07, 6.45) is -4.79. The van der Waals surface area contributed by atoms with E-state index in [-0.39, 0.29) is 16.9 Å². The van der Waals surface area contributed by atoms with Crippen molar-refractivity contribution in [2.45, 2.75) is 20.2 Å². The number of aromatic carboxylic acids is 1. The fourth-order valence-corrected chi connectivity index (χ4v) is 3.09. The summed E-state index contributed by atoms with van der Waals surface area (Å²) in [7, 11) is 0. The first kappa shape index (κ1) is 24.3. The summed E-state index contributed by atoms with van der Waals surface area (Å²) in [6, 6.07) is 16.5. The number of rotatable bonds is 3. The summed E-state index contributed by atoms with van der Waals surface area (Å²) < 4.78 is 46.7. The molecule has 8 heteroatoms. The minimum absolute atomic E-state index is 0.240. The quantitative estimate of drug-likeness (QED) is 0.322. The summed E-state index contributed by atoms with van der Waals surface area (Å²) >= 11 is 0. The molecule has 0 aliphatic rings. The average Bonchev–Trinajstić information content (AvgIpc) is 3.16. The molecule has 34 heavy (non-hydrogen) atoms. The molecule has 0 amide bonds. The molecule has 0 fully saturated rings. The zero-order chi connectivity index (χ0) is 24.9. The van der Waals surface area contributed by atoms with E-state index in [1.54, 1.807) is 24.3 Å². The Balaban J connectivity index is 0.00000158. The third-order valence-corrected chi connectivity index (χ3v) is 4.49. The summed E-state index contributed by atoms with van der Waals surface area (Å²) in [5.41, 5.74) is 1.40. The number of halogens is 3. The van der Waals surface area contributed by atoms with Gasteiger partial charge >= 0.3 is 12.3 Å². The van der Waals surface area contributed by atoms with Crippen molar-refractivity contribution in [1.29, 1.82) is 0 Å². The Bertz CT molecular complexity index is 1360. The van der Waals surface area contributed by atoms with Crippen molar-refractivity contribution in [3.63, 3.8) is 0 Å². The Kier molecular flexibility index (Phi) is 7.17. The molecule has 0 aliphatic heterocycles. The van der Waals surface area contributed by atoms with Gasteiger partial charge in [0.2, 0.25) is 0 Å². The Morgan fingerprint density at radius 3 is 2.21 bits per heavy atom. The summed E-state index contributed by atoms with van der Waals surface area (Å²) in [5, 5.41) is 19.7. The highest BCUT2D eigenvalue weighted by molar-refractivity contribution is 6.00. The molecule has 1 heterocycles. The van der Waals surface area contributed by atoms with Gasteiger partial charge in [0.15, 0.2) is 5.76 Å². The third-order valence-electron chi connectivity index (χ3n) is 4.49. The summed E-state index contributed by atoms with van der Waals surface area (Å²) in [4.78, 5) is 11.4. The number of furan rings is 1. The van der Waals surface area contributed by atoms with E-state index in [0.717, 1.165) is 12.1 Å². The number of carboxylic acids is 1. The Hall–Kier alpha value is -4.38. The molecule has 1 aromatic heterocycles. The van der Waals surface area contributed by atoms with E-state index in [4.69, 9.17) is 4.42 Å². The van der Waals surface area contributed by atoms with Crippen LogP contribution >= 0.6 is 0 Å². The largest absolute Gasteiger partial charge is 0.573 e. The lowest BCUT2D eigenvalue weighted by Gasteiger charge is -2.07. The van der Waals surface area contributed by atoms with Crippen LogP contribution in [0.25, 0.3) is 22.3 Å². The van der Waals surface area contributed by atoms with E-state index in [1.165, 1.54) is 24.3 Å². The van der Waals surface area contributed by atoms with Gasteiger partial charge in [-0.05, 0) is 30.3 Å². The minimum Gasteiger partial charge on any atom is -0.507 e. The minimum atomic E-state index is -4.79. The number of hydrogen-bond acceptors (Lipinski definition) is 4. The van der Waals surface area contributed by atoms with Crippen LogP contribution < -0.4 is 4.74 Å². The number of ether oxygens (including phenoxy) is 1. The summed E-state index contributed by atoms with van der Waals surface area (Å²) in [5.74, 6) is 4.00. The van der Waals surface area contributed by atoms with Gasteiger partial charge in [0.25, 0.3) is 0 Å². The van der Waals surface area contributed by atoms with Crippen molar-refractivity contribution in [3.05, 3.63) is 83.4 Å². The molecule has 0 unspecified atom stereocenters. The summed E-state index contributed by atoms with van der Waals surface area (Å²) in [6.45, 7) is 4.00. The van der Waals surface area contributed by atoms with Gasteiger partial charge in [-0.25, -0.2) is 4.79 Å². The van der Waals surface area contributed by atoms with Crippen LogP contribution in [0.1, 0.15) is 35.3 Å². The van der Waals surface area contributed by atoms with Gasteiger partial charge in [0, 0.05) is 22.6 Å². The van der Waals surface area contributed by atoms with E-state index in [9.17, 15) is 28.2 Å². The molecular formula is C26H19F3O5. The van der Waals surface area contributed by atoms with Crippen molar-refractivity contribution in [2.24, 2.45) is 0 Å². The van der Waals surface area contributed by atoms with E-state index >= 15 is 0 Å². The van der Waals surface area contributed by atoms with Crippen molar-refractivity contribution < 1.29 is 37.3 Å². The lowest BCUT2D eigenvalue weighted by atomic mass is 10.0. The van der Waals surface area contributed by atoms with E-state index < -0.39 is 18.1 Å². The Morgan fingerprint density at radius 2 is 1.62 bits per heavy atom. The standard InChI is InChI=1S/C24H13F3O5.C2H6/c25-24(26,27)32-16-9-6-14(7-10-16)8-11-17-18-12-19(23(29)30)20(28)13-21(18)31-22(17)15-4-2-1-3-5-15;1-2/h1-7,9-10,12-13,28H,(H,29,30);1-2H3. The second-order valence-electron chi connectivity index (χ2n) is 6.67. The van der Waals surface area contributed by atoms with Crippen LogP contribution in [-0.4, -0.2) is 22.5 Å². The van der Waals surface area contributed by atoms with Crippen molar-refractivity contribution in [2.75, 3.05) is 0 Å². The molecule has 0 saturated carbocycles. The van der Waals surface area contributed by atoms with Crippen molar-refractivity contribution in [1.82, 2.24) is 0 Å². The van der Waals surface area contributed by atoms with Gasteiger partial charge in [0.05, 0.1) is 5.56 Å². The third kappa shape index (κ3) is 5.51. The molecule has 174 valence electrons. The monoisotopic (exact) mass is 468 g/mol. The second-order valence-corrected chi connectivity index (χ2v) is 6.67. The smallest absolute Gasteiger partial charge is 0.507 e. The van der Waals surface area contributed by atoms with E-state index in [2.05, 4.69) is 16.6 Å². The number of benzene rings is 3. The molecule has 4 aromatic rings. The normalized spacial score (nSPS) is 10.6. The van der Waals surface area contributed by atoms with Crippen LogP contribution in [0.5, 0.6) is 11.5 Å². The van der Waals surface area contributed by atoms with Crippen molar-refractivity contribution in [3.8, 4) is 34.7 Å². The maximum atomic E-state index is 12.3. The number of alkyl halides is 3. The molecule has 2 N–H and O–H groups in total. The molecule has 0 aliphatic carbocycles. The predicted molar refractivity (Wildman–Crippen MR) is 121 cm³/mol. The molecule has 0 saturated heterocycles. The molecular weight excluding hydrogens is 449 g/mol. The predicted octanol–water partition coefficient (Wildman–Crippen LogP) is 6.83. The maximum Gasteiger partial charge on any atom is 0.573 e. The van der Waals surface area contributed by atoms with Gasteiger partial charge in [-0.1, -0.05) is 56.0 Å². The highest BCUT2D eigenvalue weighted by atomic mass is 19.4. The Labute approximate surface area is 193 Å². The molecule has 0 radical (unpaired) electrons. The van der Waals surface area contributed by atoms with Gasteiger partial charge in [-0.2, -0.15) is 0 Å². The molecule has 0 spiro atoms. The van der Waals surface area contributed by atoms with Crippen LogP contribution in [0.3, 0.4) is 0 Å². The Morgan fingerprint density at radius 1 is 0.971 bits per heavy atom. The molecule has 4 rings (SSSR count). The topological polar surface area (TPSA) is 79.9 Å². The van der Waals surface area contributed by atoms with Gasteiger partial charge < -0.3 is 19.4 Å². The fourth-order valence-electron chi connectivity index (χ4n) is 3.09. The van der Waals surface area contributed by atoms with Crippen molar-refractivity contribution >= 4 is 16.9 Å². The fraction of sp³-hybridized carbons (Fsp3) is 0.115. The number of aromatic hydroxyl groups is 1. The lowest BCUT2D eigenvalue weighted by molar-refractivity contribution is -0.274. The average molecular weight is 468 g/mol. The van der Waals surface area contributed by atoms with E-state index in [0.29, 0.717) is 27.8 Å². The van der Waals surface area contributed by atoms with E-state index in [1.807, 2.05) is 19.9 Å². The number of carbonyl (C=O) groups is 1. The van der Waals surface area contributed by atoms with Crippen LogP contribution in [0.15, 0.2) is 71.1 Å². The second kappa shape index (κ2) is 10.0. The first-order valence-corrected chi connectivity index (χ1v) is 10.2.